The number of fused-ring (bicyclic) bond motifs is 2. The van der Waals surface area contributed by atoms with Crippen LogP contribution >= 0.6 is 0 Å². The van der Waals surface area contributed by atoms with E-state index >= 15 is 0 Å². The Morgan fingerprint density at radius 1 is 1.12 bits per heavy atom. The van der Waals surface area contributed by atoms with Crippen LogP contribution in [0.4, 0.5) is 5.69 Å². The molecule has 0 saturated heterocycles. The van der Waals surface area contributed by atoms with Gasteiger partial charge in [-0.05, 0) is 43.5 Å². The second-order valence-corrected chi connectivity index (χ2v) is 8.46. The fraction of sp³-hybridized carbons (Fsp3) is 0.385. The van der Waals surface area contributed by atoms with E-state index in [9.17, 15) is 14.4 Å². The van der Waals surface area contributed by atoms with E-state index in [2.05, 4.69) is 11.9 Å². The number of carbonyl (C=O) groups is 2. The molecule has 7 heteroatoms. The van der Waals surface area contributed by atoms with Crippen LogP contribution in [0.3, 0.4) is 0 Å². The van der Waals surface area contributed by atoms with Crippen molar-refractivity contribution in [3.63, 3.8) is 0 Å². The number of benzene rings is 2. The summed E-state index contributed by atoms with van der Waals surface area (Å²) in [5, 5.41) is 0. The number of amides is 1. The number of aromatic nitrogens is 2. The van der Waals surface area contributed by atoms with Crippen molar-refractivity contribution < 1.29 is 14.3 Å². The molecule has 7 nitrogen and oxygen atoms in total. The van der Waals surface area contributed by atoms with E-state index in [1.165, 1.54) is 0 Å². The number of rotatable bonds is 8. The number of aryl methyl sites for hydroxylation is 2. The number of ether oxygens (including phenoxy) is 1. The van der Waals surface area contributed by atoms with Crippen molar-refractivity contribution in [3.05, 3.63) is 70.1 Å². The Morgan fingerprint density at radius 2 is 1.88 bits per heavy atom. The van der Waals surface area contributed by atoms with E-state index in [1.807, 2.05) is 55.5 Å². The first-order chi connectivity index (χ1) is 16.0. The molecule has 0 fully saturated rings. The van der Waals surface area contributed by atoms with Gasteiger partial charge in [-0.2, -0.15) is 0 Å². The van der Waals surface area contributed by atoms with Crippen molar-refractivity contribution >= 4 is 28.6 Å². The number of unbranched alkanes of at least 4 members (excludes halogenated alkanes) is 1. The van der Waals surface area contributed by atoms with Crippen LogP contribution in [-0.4, -0.2) is 34.1 Å². The molecule has 0 spiro atoms. The van der Waals surface area contributed by atoms with Gasteiger partial charge in [-0.1, -0.05) is 43.7 Å². The summed E-state index contributed by atoms with van der Waals surface area (Å²) >= 11 is 0. The Hall–Kier alpha value is -3.48. The number of nitrogens with zero attached hydrogens (tertiary/aromatic N) is 3. The zero-order valence-corrected chi connectivity index (χ0v) is 19.1. The number of hydrogen-bond acceptors (Lipinski definition) is 5. The molecule has 4 rings (SSSR count). The van der Waals surface area contributed by atoms with Crippen molar-refractivity contribution in [2.75, 3.05) is 11.5 Å². The maximum atomic E-state index is 13.0. The molecule has 0 unspecified atom stereocenters. The fourth-order valence-corrected chi connectivity index (χ4v) is 4.40. The summed E-state index contributed by atoms with van der Waals surface area (Å²) in [4.78, 5) is 44.3. The Balaban J connectivity index is 1.40. The summed E-state index contributed by atoms with van der Waals surface area (Å²) in [6.07, 6.45) is 2.81. The number of hydrogen-bond donors (Lipinski definition) is 0. The van der Waals surface area contributed by atoms with Crippen molar-refractivity contribution in [2.24, 2.45) is 0 Å². The fourth-order valence-electron chi connectivity index (χ4n) is 4.40. The lowest BCUT2D eigenvalue weighted by molar-refractivity contribution is -0.147. The lowest BCUT2D eigenvalue weighted by Gasteiger charge is -2.22. The minimum atomic E-state index is -0.516. The maximum Gasteiger partial charge on any atom is 0.306 e. The minimum Gasteiger partial charge on any atom is -0.456 e. The monoisotopic (exact) mass is 447 g/mol. The van der Waals surface area contributed by atoms with Gasteiger partial charge in [0, 0.05) is 24.7 Å². The molecule has 2 heterocycles. The quantitative estimate of drug-likeness (QED) is 0.493. The molecule has 1 aromatic heterocycles. The van der Waals surface area contributed by atoms with Crippen LogP contribution in [-0.2, 0) is 33.7 Å². The zero-order valence-electron chi connectivity index (χ0n) is 19.1. The van der Waals surface area contributed by atoms with Crippen LogP contribution in [0.15, 0.2) is 53.3 Å². The molecule has 1 atom stereocenters. The number of esters is 1. The van der Waals surface area contributed by atoms with Gasteiger partial charge in [0.1, 0.15) is 5.69 Å². The molecule has 0 aliphatic carbocycles. The van der Waals surface area contributed by atoms with Crippen LogP contribution in [0.1, 0.15) is 44.4 Å². The second-order valence-electron chi connectivity index (χ2n) is 8.46. The predicted octanol–water partition coefficient (Wildman–Crippen LogP) is 3.65. The molecular formula is C26H29N3O4. The molecule has 0 saturated carbocycles. The van der Waals surface area contributed by atoms with Crippen molar-refractivity contribution in [3.8, 4) is 0 Å². The van der Waals surface area contributed by atoms with Crippen molar-refractivity contribution in [1.82, 2.24) is 9.55 Å². The number of para-hydroxylation sites is 3. The minimum absolute atomic E-state index is 0.00617. The van der Waals surface area contributed by atoms with E-state index in [1.54, 1.807) is 9.47 Å². The Labute approximate surface area is 193 Å². The van der Waals surface area contributed by atoms with E-state index in [0.717, 1.165) is 41.5 Å². The molecule has 172 valence electrons. The van der Waals surface area contributed by atoms with Crippen LogP contribution in [0, 0.1) is 0 Å². The maximum absolute atomic E-state index is 13.0. The van der Waals surface area contributed by atoms with Gasteiger partial charge >= 0.3 is 5.97 Å². The highest BCUT2D eigenvalue weighted by molar-refractivity contribution is 5.97. The highest BCUT2D eigenvalue weighted by atomic mass is 16.5. The van der Waals surface area contributed by atoms with Gasteiger partial charge in [-0.3, -0.25) is 14.4 Å². The van der Waals surface area contributed by atoms with E-state index in [0.29, 0.717) is 12.2 Å². The zero-order chi connectivity index (χ0) is 23.4. The van der Waals surface area contributed by atoms with Crippen molar-refractivity contribution in [1.29, 1.82) is 0 Å². The summed E-state index contributed by atoms with van der Waals surface area (Å²) in [6, 6.07) is 15.3. The summed E-state index contributed by atoms with van der Waals surface area (Å²) < 4.78 is 7.00. The Morgan fingerprint density at radius 3 is 2.70 bits per heavy atom. The van der Waals surface area contributed by atoms with Gasteiger partial charge in [-0.25, -0.2) is 4.98 Å². The van der Waals surface area contributed by atoms with Crippen LogP contribution in [0.5, 0.6) is 0 Å². The highest BCUT2D eigenvalue weighted by Gasteiger charge is 2.30. The summed E-state index contributed by atoms with van der Waals surface area (Å²) in [6.45, 7) is 4.35. The van der Waals surface area contributed by atoms with Gasteiger partial charge in [-0.15, -0.1) is 0 Å². The van der Waals surface area contributed by atoms with E-state index in [-0.39, 0.29) is 37.0 Å². The van der Waals surface area contributed by atoms with E-state index in [4.69, 9.17) is 4.74 Å². The Kier molecular flexibility index (Phi) is 6.87. The lowest BCUT2D eigenvalue weighted by atomic mass is 10.1. The lowest BCUT2D eigenvalue weighted by Crippen LogP contribution is -2.38. The smallest absolute Gasteiger partial charge is 0.306 e. The first kappa shape index (κ1) is 22.7. The van der Waals surface area contributed by atoms with Gasteiger partial charge in [0.25, 0.3) is 11.5 Å². The number of anilines is 1. The molecule has 2 aromatic carbocycles. The topological polar surface area (TPSA) is 81.5 Å². The predicted molar refractivity (Wildman–Crippen MR) is 127 cm³/mol. The SMILES string of the molecule is CCCCn1c(=O)c(CCC(=O)OCC(=O)N2c3ccccc3C[C@@H]2C)nc2ccccc21. The molecular weight excluding hydrogens is 418 g/mol. The first-order valence-electron chi connectivity index (χ1n) is 11.5. The number of carbonyl (C=O) groups excluding carboxylic acids is 2. The van der Waals surface area contributed by atoms with Gasteiger partial charge in [0.2, 0.25) is 0 Å². The largest absolute Gasteiger partial charge is 0.456 e. The van der Waals surface area contributed by atoms with Gasteiger partial charge < -0.3 is 14.2 Å². The molecule has 3 aromatic rings. The third-order valence-electron chi connectivity index (χ3n) is 6.05. The second kappa shape index (κ2) is 9.98. The molecule has 33 heavy (non-hydrogen) atoms. The van der Waals surface area contributed by atoms with Crippen molar-refractivity contribution in [2.45, 2.75) is 58.5 Å². The van der Waals surface area contributed by atoms with Gasteiger partial charge in [0.15, 0.2) is 6.61 Å². The molecule has 0 N–H and O–H groups in total. The Bertz CT molecular complexity index is 1230. The van der Waals surface area contributed by atoms with Crippen LogP contribution < -0.4 is 10.5 Å². The first-order valence-corrected chi connectivity index (χ1v) is 11.5. The molecule has 1 aliphatic heterocycles. The third-order valence-corrected chi connectivity index (χ3v) is 6.05. The highest BCUT2D eigenvalue weighted by Crippen LogP contribution is 2.31. The summed E-state index contributed by atoms with van der Waals surface area (Å²) in [7, 11) is 0. The summed E-state index contributed by atoms with van der Waals surface area (Å²) in [5.41, 5.74) is 3.69. The standard InChI is InChI=1S/C26H29N3O4/c1-3-4-15-28-23-12-8-6-10-20(23)27-21(26(28)32)13-14-25(31)33-17-24(30)29-18(2)16-19-9-5-7-11-22(19)29/h5-12,18H,3-4,13-17H2,1-2H3/t18-/m0/s1. The normalized spacial score (nSPS) is 15.0. The average Bonchev–Trinajstić information content (AvgIpc) is 3.16. The van der Waals surface area contributed by atoms with Crippen LogP contribution in [0.25, 0.3) is 11.0 Å². The van der Waals surface area contributed by atoms with E-state index < -0.39 is 5.97 Å². The third kappa shape index (κ3) is 4.82. The molecule has 1 aliphatic rings. The molecule has 0 bridgehead atoms. The van der Waals surface area contributed by atoms with Crippen LogP contribution in [0.2, 0.25) is 0 Å². The average molecular weight is 448 g/mol. The molecule has 0 radical (unpaired) electrons. The van der Waals surface area contributed by atoms with Gasteiger partial charge in [0.05, 0.1) is 17.5 Å². The summed E-state index contributed by atoms with van der Waals surface area (Å²) in [5.74, 6) is -0.760. The molecule has 1 amide bonds.